The molecule has 0 aliphatic carbocycles. The number of fused-ring (bicyclic) bond motifs is 1. The number of anilines is 1. The first-order valence-corrected chi connectivity index (χ1v) is 11.8. The number of hydrogen-bond acceptors (Lipinski definition) is 5. The van der Waals surface area contributed by atoms with Crippen molar-refractivity contribution in [2.24, 2.45) is 0 Å². The van der Waals surface area contributed by atoms with E-state index in [1.807, 2.05) is 29.6 Å². The van der Waals surface area contributed by atoms with Gasteiger partial charge in [0.05, 0.1) is 11.7 Å². The minimum absolute atomic E-state index is 0.0718. The smallest absolute Gasteiger partial charge is 0.263 e. The maximum Gasteiger partial charge on any atom is 0.263 e. The molecule has 1 amide bonds. The number of halogens is 2. The van der Waals surface area contributed by atoms with Gasteiger partial charge in [0.2, 0.25) is 5.91 Å². The fraction of sp³-hybridized carbons (Fsp3) is 0.208. The summed E-state index contributed by atoms with van der Waals surface area (Å²) in [5.41, 5.74) is 2.20. The van der Waals surface area contributed by atoms with Crippen molar-refractivity contribution < 1.29 is 9.18 Å². The topological polar surface area (TPSA) is 58.4 Å². The number of nitrogens with zero attached hydrogens (tertiary/aromatic N) is 4. The average Bonchev–Trinajstić information content (AvgIpc) is 3.26. The molecule has 1 fully saturated rings. The zero-order valence-corrected chi connectivity index (χ0v) is 19.2. The van der Waals surface area contributed by atoms with Crippen LogP contribution < -0.4 is 10.5 Å². The highest BCUT2D eigenvalue weighted by Crippen LogP contribution is 2.30. The maximum absolute atomic E-state index is 13.3. The van der Waals surface area contributed by atoms with Crippen molar-refractivity contribution >= 4 is 44.7 Å². The van der Waals surface area contributed by atoms with Crippen LogP contribution in [0, 0.1) is 5.82 Å². The molecule has 1 aliphatic heterocycles. The second-order valence-corrected chi connectivity index (χ2v) is 9.16. The Kier molecular flexibility index (Phi) is 5.86. The molecule has 5 rings (SSSR count). The second-order valence-electron chi connectivity index (χ2n) is 7.86. The summed E-state index contributed by atoms with van der Waals surface area (Å²) < 4.78 is 14.7. The van der Waals surface area contributed by atoms with Gasteiger partial charge in [0.15, 0.2) is 0 Å². The summed E-state index contributed by atoms with van der Waals surface area (Å²) >= 11 is 7.45. The molecular weight excluding hydrogens is 463 g/mol. The van der Waals surface area contributed by atoms with Crippen LogP contribution in [0.4, 0.5) is 10.1 Å². The summed E-state index contributed by atoms with van der Waals surface area (Å²) in [7, 11) is 0. The van der Waals surface area contributed by atoms with E-state index in [0.717, 1.165) is 11.3 Å². The molecule has 6 nitrogen and oxygen atoms in total. The molecule has 168 valence electrons. The molecule has 2 aromatic heterocycles. The number of amides is 1. The van der Waals surface area contributed by atoms with E-state index < -0.39 is 0 Å². The summed E-state index contributed by atoms with van der Waals surface area (Å²) in [5.74, 6) is -0.461. The zero-order chi connectivity index (χ0) is 22.9. The van der Waals surface area contributed by atoms with Crippen LogP contribution >= 0.6 is 22.9 Å². The van der Waals surface area contributed by atoms with Crippen LogP contribution in [-0.4, -0.2) is 46.5 Å². The first-order chi connectivity index (χ1) is 16.0. The van der Waals surface area contributed by atoms with Gasteiger partial charge in [0.1, 0.15) is 17.2 Å². The van der Waals surface area contributed by atoms with Gasteiger partial charge in [-0.15, -0.1) is 11.3 Å². The van der Waals surface area contributed by atoms with Crippen molar-refractivity contribution in [3.05, 3.63) is 81.4 Å². The number of piperazine rings is 1. The molecule has 0 N–H and O–H groups in total. The lowest BCUT2D eigenvalue weighted by Gasteiger charge is -2.36. The van der Waals surface area contributed by atoms with Crippen molar-refractivity contribution in [3.63, 3.8) is 0 Å². The molecule has 33 heavy (non-hydrogen) atoms. The lowest BCUT2D eigenvalue weighted by molar-refractivity contribution is -0.132. The highest BCUT2D eigenvalue weighted by Gasteiger charge is 2.23. The van der Waals surface area contributed by atoms with E-state index in [1.165, 1.54) is 34.4 Å². The van der Waals surface area contributed by atoms with Crippen molar-refractivity contribution in [2.45, 2.75) is 6.54 Å². The van der Waals surface area contributed by atoms with Crippen molar-refractivity contribution in [2.75, 3.05) is 31.1 Å². The Hall–Kier alpha value is -3.23. The Bertz CT molecular complexity index is 1380. The molecule has 9 heteroatoms. The third-order valence-electron chi connectivity index (χ3n) is 5.83. The van der Waals surface area contributed by atoms with E-state index in [2.05, 4.69) is 9.88 Å². The molecule has 0 bridgehead atoms. The summed E-state index contributed by atoms with van der Waals surface area (Å²) in [4.78, 5) is 35.1. The Balaban J connectivity index is 1.33. The first kappa shape index (κ1) is 21.6. The van der Waals surface area contributed by atoms with Crippen LogP contribution in [0.1, 0.15) is 0 Å². The number of carbonyl (C=O) groups is 1. The van der Waals surface area contributed by atoms with E-state index >= 15 is 0 Å². The van der Waals surface area contributed by atoms with Gasteiger partial charge in [-0.2, -0.15) is 0 Å². The van der Waals surface area contributed by atoms with Crippen molar-refractivity contribution in [1.82, 2.24) is 14.5 Å². The number of aromatic nitrogens is 2. The van der Waals surface area contributed by atoms with Crippen molar-refractivity contribution in [1.29, 1.82) is 0 Å². The van der Waals surface area contributed by atoms with Crippen molar-refractivity contribution in [3.8, 4) is 11.1 Å². The molecule has 0 spiro atoms. The van der Waals surface area contributed by atoms with Crippen LogP contribution in [0.2, 0.25) is 5.02 Å². The third-order valence-corrected chi connectivity index (χ3v) is 6.95. The number of benzene rings is 2. The van der Waals surface area contributed by atoms with Gasteiger partial charge < -0.3 is 9.80 Å². The minimum atomic E-state index is -0.338. The monoisotopic (exact) mass is 482 g/mol. The fourth-order valence-electron chi connectivity index (χ4n) is 4.05. The van der Waals surface area contributed by atoms with Gasteiger partial charge in [-0.1, -0.05) is 29.8 Å². The molecule has 0 unspecified atom stereocenters. The maximum atomic E-state index is 13.3. The van der Waals surface area contributed by atoms with Crippen LogP contribution in [0.25, 0.3) is 21.3 Å². The lowest BCUT2D eigenvalue weighted by atomic mass is 10.1. The Labute approximate surface area is 198 Å². The normalized spacial score (nSPS) is 14.1. The molecule has 2 aromatic carbocycles. The van der Waals surface area contributed by atoms with Crippen LogP contribution in [-0.2, 0) is 11.3 Å². The summed E-state index contributed by atoms with van der Waals surface area (Å²) in [5, 5.41) is 2.97. The molecule has 1 saturated heterocycles. The zero-order valence-electron chi connectivity index (χ0n) is 17.6. The third kappa shape index (κ3) is 4.36. The molecule has 4 aromatic rings. The Morgan fingerprint density at radius 1 is 1.09 bits per heavy atom. The van der Waals surface area contributed by atoms with Gasteiger partial charge in [-0.25, -0.2) is 9.37 Å². The molecule has 0 saturated carbocycles. The number of hydrogen-bond donors (Lipinski definition) is 0. The predicted molar refractivity (Wildman–Crippen MR) is 130 cm³/mol. The predicted octanol–water partition coefficient (Wildman–Crippen LogP) is 4.27. The largest absolute Gasteiger partial charge is 0.368 e. The fourth-order valence-corrected chi connectivity index (χ4v) is 5.15. The van der Waals surface area contributed by atoms with Gasteiger partial charge >= 0.3 is 0 Å². The van der Waals surface area contributed by atoms with E-state index in [9.17, 15) is 14.0 Å². The van der Waals surface area contributed by atoms with Crippen LogP contribution in [0.15, 0.2) is 65.0 Å². The van der Waals surface area contributed by atoms with E-state index in [-0.39, 0.29) is 23.8 Å². The Morgan fingerprint density at radius 2 is 1.85 bits per heavy atom. The lowest BCUT2D eigenvalue weighted by Crippen LogP contribution is -2.50. The van der Waals surface area contributed by atoms with Gasteiger partial charge in [0.25, 0.3) is 5.56 Å². The number of thiophene rings is 1. The summed E-state index contributed by atoms with van der Waals surface area (Å²) in [6.45, 7) is 2.44. The highest BCUT2D eigenvalue weighted by molar-refractivity contribution is 7.17. The van der Waals surface area contributed by atoms with E-state index in [0.29, 0.717) is 47.0 Å². The molecule has 0 atom stereocenters. The quantitative estimate of drug-likeness (QED) is 0.436. The highest BCUT2D eigenvalue weighted by atomic mass is 35.5. The molecule has 0 radical (unpaired) electrons. The Morgan fingerprint density at radius 3 is 2.58 bits per heavy atom. The number of carbonyl (C=O) groups excluding carboxylic acids is 1. The van der Waals surface area contributed by atoms with Gasteiger partial charge in [-0.05, 0) is 35.9 Å². The summed E-state index contributed by atoms with van der Waals surface area (Å²) in [6, 6.07) is 13.7. The van der Waals surface area contributed by atoms with Gasteiger partial charge in [0, 0.05) is 47.8 Å². The molecular formula is C24H20ClFN4O2S. The summed E-state index contributed by atoms with van der Waals surface area (Å²) in [6.07, 6.45) is 1.43. The van der Waals surface area contributed by atoms with E-state index in [1.54, 1.807) is 17.0 Å². The van der Waals surface area contributed by atoms with Gasteiger partial charge in [-0.3, -0.25) is 14.2 Å². The standard InChI is InChI=1S/C24H20ClFN4O2S/c25-17-2-1-3-19(12-17)28-8-10-29(11-9-28)21(31)13-30-15-27-23-22(24(30)32)20(14-33-23)16-4-6-18(26)7-5-16/h1-7,12,14-15H,8-11,13H2. The SMILES string of the molecule is O=C(Cn1cnc2scc(-c3ccc(F)cc3)c2c1=O)N1CCN(c2cccc(Cl)c2)CC1. The van der Waals surface area contributed by atoms with Crippen LogP contribution in [0.5, 0.6) is 0 Å². The van der Waals surface area contributed by atoms with Crippen LogP contribution in [0.3, 0.4) is 0 Å². The second kappa shape index (κ2) is 8.96. The molecule has 3 heterocycles. The molecule has 1 aliphatic rings. The first-order valence-electron chi connectivity index (χ1n) is 10.5. The van der Waals surface area contributed by atoms with E-state index in [4.69, 9.17) is 11.6 Å². The average molecular weight is 483 g/mol. The number of rotatable bonds is 4. The minimum Gasteiger partial charge on any atom is -0.368 e.